The van der Waals surface area contributed by atoms with Crippen LogP contribution in [0.25, 0.3) is 0 Å². The van der Waals surface area contributed by atoms with E-state index in [2.05, 4.69) is 20.9 Å². The first-order valence-corrected chi connectivity index (χ1v) is 11.1. The van der Waals surface area contributed by atoms with Crippen LogP contribution in [0.1, 0.15) is 46.0 Å². The Labute approximate surface area is 202 Å². The fourth-order valence-corrected chi connectivity index (χ4v) is 2.93. The van der Waals surface area contributed by atoms with Gasteiger partial charge in [-0.05, 0) is 31.6 Å². The lowest BCUT2D eigenvalue weighted by atomic mass is 10.0. The molecule has 3 amide bonds. The van der Waals surface area contributed by atoms with Gasteiger partial charge >= 0.3 is 11.9 Å². The fraction of sp³-hybridized carbons (Fsp3) is 0.700. The van der Waals surface area contributed by atoms with Crippen molar-refractivity contribution in [2.45, 2.75) is 70.1 Å². The number of carboxylic acids is 2. The molecule has 0 fully saturated rings. The van der Waals surface area contributed by atoms with Crippen molar-refractivity contribution < 1.29 is 39.3 Å². The topological polar surface area (TPSA) is 273 Å². The summed E-state index contributed by atoms with van der Waals surface area (Å²) in [4.78, 5) is 63.9. The van der Waals surface area contributed by atoms with Crippen LogP contribution in [0.3, 0.4) is 0 Å². The molecule has 35 heavy (non-hydrogen) atoms. The molecule has 4 unspecified atom stereocenters. The minimum atomic E-state index is -1.61. The zero-order chi connectivity index (χ0) is 27.1. The molecule has 200 valence electrons. The fourth-order valence-electron chi connectivity index (χ4n) is 2.93. The molecule has 0 saturated heterocycles. The van der Waals surface area contributed by atoms with Gasteiger partial charge in [-0.25, -0.2) is 4.79 Å². The number of hydrogen-bond donors (Lipinski definition) is 9. The quantitative estimate of drug-likeness (QED) is 0.0541. The number of hydrogen-bond acceptors (Lipinski definition) is 8. The van der Waals surface area contributed by atoms with Crippen LogP contribution in [0.2, 0.25) is 0 Å². The van der Waals surface area contributed by atoms with Gasteiger partial charge in [0.25, 0.3) is 0 Å². The van der Waals surface area contributed by atoms with E-state index in [4.69, 9.17) is 32.5 Å². The van der Waals surface area contributed by atoms with E-state index >= 15 is 0 Å². The maximum Gasteiger partial charge on any atom is 0.328 e. The SMILES string of the molecule is CC(C)CC(N)C(=O)NC(CCC(=O)O)C(=O)NC(CCCN=C(N)N)C(=O)NC(CO)C(=O)O. The summed E-state index contributed by atoms with van der Waals surface area (Å²) in [6, 6.07) is -5.16. The number of nitrogens with one attached hydrogen (secondary N) is 3. The summed E-state index contributed by atoms with van der Waals surface area (Å²) in [6.07, 6.45) is -0.230. The molecule has 0 saturated carbocycles. The third kappa shape index (κ3) is 13.7. The summed E-state index contributed by atoms with van der Waals surface area (Å²) in [7, 11) is 0. The highest BCUT2D eigenvalue weighted by atomic mass is 16.4. The molecular formula is C20H37N7O8. The zero-order valence-corrected chi connectivity index (χ0v) is 19.9. The van der Waals surface area contributed by atoms with E-state index in [1.54, 1.807) is 0 Å². The molecule has 0 aromatic heterocycles. The molecule has 4 atom stereocenters. The maximum absolute atomic E-state index is 12.9. The number of aliphatic hydroxyl groups excluding tert-OH is 1. The molecule has 0 aromatic rings. The van der Waals surface area contributed by atoms with E-state index in [-0.39, 0.29) is 37.7 Å². The Hall–Kier alpha value is -3.46. The van der Waals surface area contributed by atoms with Crippen molar-refractivity contribution >= 4 is 35.6 Å². The second kappa shape index (κ2) is 16.2. The van der Waals surface area contributed by atoms with Crippen molar-refractivity contribution in [1.29, 1.82) is 0 Å². The van der Waals surface area contributed by atoms with E-state index < -0.39 is 66.9 Å². The number of rotatable bonds is 17. The zero-order valence-electron chi connectivity index (χ0n) is 19.9. The van der Waals surface area contributed by atoms with Crippen LogP contribution >= 0.6 is 0 Å². The van der Waals surface area contributed by atoms with E-state index in [0.29, 0.717) is 6.42 Å². The van der Waals surface area contributed by atoms with Crippen LogP contribution in [0.4, 0.5) is 0 Å². The lowest BCUT2D eigenvalue weighted by Crippen LogP contribution is -2.57. The normalized spacial score (nSPS) is 14.2. The number of nitrogens with two attached hydrogens (primary N) is 3. The summed E-state index contributed by atoms with van der Waals surface area (Å²) < 4.78 is 0. The van der Waals surface area contributed by atoms with Crippen molar-refractivity contribution in [3.8, 4) is 0 Å². The molecule has 0 aliphatic heterocycles. The van der Waals surface area contributed by atoms with Crippen LogP contribution in [0.5, 0.6) is 0 Å². The Bertz CT molecular complexity index is 771. The first kappa shape index (κ1) is 31.5. The second-order valence-corrected chi connectivity index (χ2v) is 8.32. The summed E-state index contributed by atoms with van der Waals surface area (Å²) in [5.41, 5.74) is 16.3. The number of guanidine groups is 1. The van der Waals surface area contributed by atoms with Gasteiger partial charge in [0.2, 0.25) is 17.7 Å². The molecule has 15 nitrogen and oxygen atoms in total. The standard InChI is InChI=1S/C20H37N7O8/c1-10(2)8-11(21)16(31)25-13(5-6-15(29)30)18(33)26-12(4-3-7-24-20(22)23)17(32)27-14(9-28)19(34)35/h10-14,28H,3-9,21H2,1-2H3,(H,25,31)(H,26,33)(H,27,32)(H,29,30)(H,34,35)(H4,22,23,24). The van der Waals surface area contributed by atoms with Gasteiger partial charge in [-0.2, -0.15) is 0 Å². The molecule has 0 aromatic carbocycles. The van der Waals surface area contributed by atoms with E-state index in [0.717, 1.165) is 0 Å². The van der Waals surface area contributed by atoms with Gasteiger partial charge in [0.1, 0.15) is 18.1 Å². The summed E-state index contributed by atoms with van der Waals surface area (Å²) >= 11 is 0. The third-order valence-corrected chi connectivity index (χ3v) is 4.72. The smallest absolute Gasteiger partial charge is 0.328 e. The Morgan fingerprint density at radius 3 is 1.83 bits per heavy atom. The lowest BCUT2D eigenvalue weighted by Gasteiger charge is -2.25. The third-order valence-electron chi connectivity index (χ3n) is 4.72. The monoisotopic (exact) mass is 503 g/mol. The molecule has 0 heterocycles. The average Bonchev–Trinajstić information content (AvgIpc) is 2.75. The van der Waals surface area contributed by atoms with Gasteiger partial charge in [-0.15, -0.1) is 0 Å². The largest absolute Gasteiger partial charge is 0.481 e. The van der Waals surface area contributed by atoms with E-state index in [1.165, 1.54) is 0 Å². The maximum atomic E-state index is 12.9. The van der Waals surface area contributed by atoms with Crippen LogP contribution in [-0.4, -0.2) is 88.3 Å². The molecule has 0 aliphatic carbocycles. The molecule has 0 spiro atoms. The van der Waals surface area contributed by atoms with E-state index in [9.17, 15) is 24.0 Å². The molecule has 0 rings (SSSR count). The molecule has 0 bridgehead atoms. The molecule has 12 N–H and O–H groups in total. The van der Waals surface area contributed by atoms with Gasteiger partial charge in [0.15, 0.2) is 5.96 Å². The van der Waals surface area contributed by atoms with Crippen molar-refractivity contribution in [3.05, 3.63) is 0 Å². The van der Waals surface area contributed by atoms with Crippen LogP contribution in [-0.2, 0) is 24.0 Å². The highest BCUT2D eigenvalue weighted by Gasteiger charge is 2.30. The molecular weight excluding hydrogens is 466 g/mol. The van der Waals surface area contributed by atoms with Gasteiger partial charge in [-0.3, -0.25) is 24.2 Å². The number of amides is 3. The van der Waals surface area contributed by atoms with Gasteiger partial charge in [0.05, 0.1) is 12.6 Å². The highest BCUT2D eigenvalue weighted by molar-refractivity contribution is 5.94. The predicted molar refractivity (Wildman–Crippen MR) is 125 cm³/mol. The number of nitrogens with zero attached hydrogens (tertiary/aromatic N) is 1. The highest BCUT2D eigenvalue weighted by Crippen LogP contribution is 2.07. The van der Waals surface area contributed by atoms with Crippen LogP contribution in [0, 0.1) is 5.92 Å². The molecule has 0 aliphatic rings. The van der Waals surface area contributed by atoms with Gasteiger partial charge < -0.3 is 48.5 Å². The van der Waals surface area contributed by atoms with Crippen LogP contribution in [0.15, 0.2) is 4.99 Å². The summed E-state index contributed by atoms with van der Waals surface area (Å²) in [5, 5.41) is 34.1. The van der Waals surface area contributed by atoms with Crippen molar-refractivity contribution in [3.63, 3.8) is 0 Å². The number of aliphatic carboxylic acids is 2. The summed E-state index contributed by atoms with van der Waals surface area (Å²) in [5.74, 6) is -5.23. The Morgan fingerprint density at radius 2 is 1.37 bits per heavy atom. The van der Waals surface area contributed by atoms with Crippen LogP contribution < -0.4 is 33.2 Å². The summed E-state index contributed by atoms with van der Waals surface area (Å²) in [6.45, 7) is 2.92. The Morgan fingerprint density at radius 1 is 0.857 bits per heavy atom. The number of aliphatic imine (C=N–C) groups is 1. The number of aliphatic hydroxyl groups is 1. The second-order valence-electron chi connectivity index (χ2n) is 8.32. The predicted octanol–water partition coefficient (Wildman–Crippen LogP) is -3.19. The van der Waals surface area contributed by atoms with E-state index in [1.807, 2.05) is 13.8 Å². The number of carbonyl (C=O) groups is 5. The lowest BCUT2D eigenvalue weighted by molar-refractivity contribution is -0.143. The molecule has 15 heteroatoms. The minimum absolute atomic E-state index is 0.0292. The van der Waals surface area contributed by atoms with Gasteiger partial charge in [-0.1, -0.05) is 13.8 Å². The Balaban J connectivity index is 5.58. The first-order valence-electron chi connectivity index (χ1n) is 11.1. The number of carbonyl (C=O) groups excluding carboxylic acids is 3. The van der Waals surface area contributed by atoms with Crippen molar-refractivity contribution in [2.75, 3.05) is 13.2 Å². The minimum Gasteiger partial charge on any atom is -0.481 e. The van der Waals surface area contributed by atoms with Crippen molar-refractivity contribution in [2.24, 2.45) is 28.1 Å². The van der Waals surface area contributed by atoms with Gasteiger partial charge in [0, 0.05) is 13.0 Å². The van der Waals surface area contributed by atoms with Crippen molar-refractivity contribution in [1.82, 2.24) is 16.0 Å². The number of carboxylic acid groups (broad SMARTS) is 2. The Kier molecular flexibility index (Phi) is 14.6. The molecule has 0 radical (unpaired) electrons. The first-order chi connectivity index (χ1) is 16.3. The average molecular weight is 504 g/mol.